The van der Waals surface area contributed by atoms with Gasteiger partial charge in [0, 0.05) is 6.20 Å². The number of anilines is 4. The summed E-state index contributed by atoms with van der Waals surface area (Å²) >= 11 is 0. The number of esters is 1. The van der Waals surface area contributed by atoms with E-state index < -0.39 is 23.4 Å². The Bertz CT molecular complexity index is 1010. The standard InChI is InChI=1S/C19H15F3N4O2/c1-2-28-18(27)11-5-3-4-6-13(11)24-15-9-10-23-19(26-15)25-14-8-7-12(20)16(21)17(14)22/h3-10H,2H2,1H3,(H2,23,24,25,26). The first-order valence-electron chi connectivity index (χ1n) is 8.26. The fraction of sp³-hybridized carbons (Fsp3) is 0.105. The summed E-state index contributed by atoms with van der Waals surface area (Å²) in [6.45, 7) is 1.93. The Hall–Kier alpha value is -3.62. The fourth-order valence-electron chi connectivity index (χ4n) is 2.35. The SMILES string of the molecule is CCOC(=O)c1ccccc1Nc1ccnc(Nc2ccc(F)c(F)c2F)n1. The number of carbonyl (C=O) groups excluding carboxylic acids is 1. The van der Waals surface area contributed by atoms with Crippen LogP contribution >= 0.6 is 0 Å². The van der Waals surface area contributed by atoms with Crippen LogP contribution in [0.25, 0.3) is 0 Å². The van der Waals surface area contributed by atoms with E-state index in [2.05, 4.69) is 20.6 Å². The van der Waals surface area contributed by atoms with Gasteiger partial charge in [-0.2, -0.15) is 4.98 Å². The van der Waals surface area contributed by atoms with E-state index in [0.717, 1.165) is 12.1 Å². The zero-order valence-corrected chi connectivity index (χ0v) is 14.7. The molecule has 2 aromatic carbocycles. The first-order chi connectivity index (χ1) is 13.5. The van der Waals surface area contributed by atoms with Gasteiger partial charge in [0.15, 0.2) is 17.5 Å². The smallest absolute Gasteiger partial charge is 0.340 e. The van der Waals surface area contributed by atoms with Gasteiger partial charge in [-0.05, 0) is 37.3 Å². The predicted octanol–water partition coefficient (Wildman–Crippen LogP) is 4.56. The quantitative estimate of drug-likeness (QED) is 0.476. The van der Waals surface area contributed by atoms with Crippen molar-refractivity contribution in [2.24, 2.45) is 0 Å². The Balaban J connectivity index is 1.84. The lowest BCUT2D eigenvalue weighted by Gasteiger charge is -2.12. The molecule has 0 spiro atoms. The molecule has 144 valence electrons. The van der Waals surface area contributed by atoms with Crippen molar-refractivity contribution in [3.63, 3.8) is 0 Å². The van der Waals surface area contributed by atoms with E-state index in [1.807, 2.05) is 0 Å². The Morgan fingerprint density at radius 1 is 1.00 bits per heavy atom. The molecule has 0 aliphatic heterocycles. The number of benzene rings is 2. The van der Waals surface area contributed by atoms with Crippen LogP contribution in [0, 0.1) is 17.5 Å². The van der Waals surface area contributed by atoms with Crippen molar-refractivity contribution in [3.05, 3.63) is 71.7 Å². The van der Waals surface area contributed by atoms with Gasteiger partial charge >= 0.3 is 5.97 Å². The van der Waals surface area contributed by atoms with E-state index in [9.17, 15) is 18.0 Å². The third kappa shape index (κ3) is 4.20. The van der Waals surface area contributed by atoms with Crippen LogP contribution in [-0.2, 0) is 4.74 Å². The number of aromatic nitrogens is 2. The average molecular weight is 388 g/mol. The summed E-state index contributed by atoms with van der Waals surface area (Å²) in [6.07, 6.45) is 1.38. The number of halogens is 3. The fourth-order valence-corrected chi connectivity index (χ4v) is 2.35. The van der Waals surface area contributed by atoms with Crippen LogP contribution in [0.5, 0.6) is 0 Å². The predicted molar refractivity (Wildman–Crippen MR) is 97.3 cm³/mol. The first kappa shape index (κ1) is 19.2. The van der Waals surface area contributed by atoms with Crippen LogP contribution in [0.1, 0.15) is 17.3 Å². The highest BCUT2D eigenvalue weighted by atomic mass is 19.2. The number of ether oxygens (including phenoxy) is 1. The molecule has 0 unspecified atom stereocenters. The lowest BCUT2D eigenvalue weighted by atomic mass is 10.2. The van der Waals surface area contributed by atoms with Gasteiger partial charge in [-0.15, -0.1) is 0 Å². The average Bonchev–Trinajstić information content (AvgIpc) is 2.69. The molecule has 1 heterocycles. The summed E-state index contributed by atoms with van der Waals surface area (Å²) in [7, 11) is 0. The van der Waals surface area contributed by atoms with Crippen LogP contribution in [0.4, 0.5) is 36.3 Å². The van der Waals surface area contributed by atoms with Crippen molar-refractivity contribution < 1.29 is 22.7 Å². The second-order valence-electron chi connectivity index (χ2n) is 5.50. The van der Waals surface area contributed by atoms with E-state index in [-0.39, 0.29) is 24.1 Å². The topological polar surface area (TPSA) is 76.1 Å². The molecule has 0 saturated heterocycles. The van der Waals surface area contributed by atoms with Gasteiger partial charge < -0.3 is 15.4 Å². The van der Waals surface area contributed by atoms with Gasteiger partial charge in [0.25, 0.3) is 0 Å². The summed E-state index contributed by atoms with van der Waals surface area (Å²) < 4.78 is 45.2. The minimum atomic E-state index is -1.59. The van der Waals surface area contributed by atoms with Gasteiger partial charge in [-0.1, -0.05) is 12.1 Å². The molecule has 0 atom stereocenters. The maximum atomic E-state index is 13.8. The summed E-state index contributed by atoms with van der Waals surface area (Å²) in [5, 5.41) is 5.44. The number of para-hydroxylation sites is 1. The highest BCUT2D eigenvalue weighted by molar-refractivity contribution is 5.96. The largest absolute Gasteiger partial charge is 0.462 e. The second-order valence-corrected chi connectivity index (χ2v) is 5.50. The van der Waals surface area contributed by atoms with Crippen LogP contribution in [0.3, 0.4) is 0 Å². The maximum Gasteiger partial charge on any atom is 0.340 e. The summed E-state index contributed by atoms with van der Waals surface area (Å²) in [4.78, 5) is 20.1. The Morgan fingerprint density at radius 2 is 1.79 bits per heavy atom. The molecule has 28 heavy (non-hydrogen) atoms. The van der Waals surface area contributed by atoms with Crippen LogP contribution in [0.15, 0.2) is 48.7 Å². The number of hydrogen-bond acceptors (Lipinski definition) is 6. The lowest BCUT2D eigenvalue weighted by Crippen LogP contribution is -2.08. The van der Waals surface area contributed by atoms with Crippen molar-refractivity contribution in [3.8, 4) is 0 Å². The van der Waals surface area contributed by atoms with Gasteiger partial charge in [-0.25, -0.2) is 22.9 Å². The van der Waals surface area contributed by atoms with Crippen molar-refractivity contribution in [1.29, 1.82) is 0 Å². The Labute approximate surface area is 158 Å². The molecule has 3 rings (SSSR count). The van der Waals surface area contributed by atoms with Gasteiger partial charge in [0.05, 0.1) is 23.5 Å². The second kappa shape index (κ2) is 8.38. The van der Waals surface area contributed by atoms with Crippen molar-refractivity contribution >= 4 is 29.1 Å². The number of nitrogens with zero attached hydrogens (tertiary/aromatic N) is 2. The molecule has 0 aliphatic carbocycles. The van der Waals surface area contributed by atoms with E-state index in [4.69, 9.17) is 4.74 Å². The zero-order chi connectivity index (χ0) is 20.1. The first-order valence-corrected chi connectivity index (χ1v) is 8.26. The van der Waals surface area contributed by atoms with Crippen molar-refractivity contribution in [1.82, 2.24) is 9.97 Å². The van der Waals surface area contributed by atoms with E-state index in [0.29, 0.717) is 11.3 Å². The molecule has 1 aromatic heterocycles. The third-order valence-corrected chi connectivity index (χ3v) is 3.62. The number of carbonyl (C=O) groups is 1. The lowest BCUT2D eigenvalue weighted by molar-refractivity contribution is 0.0527. The molecule has 3 aromatic rings. The maximum absolute atomic E-state index is 13.8. The van der Waals surface area contributed by atoms with Gasteiger partial charge in [-0.3, -0.25) is 0 Å². The third-order valence-electron chi connectivity index (χ3n) is 3.62. The van der Waals surface area contributed by atoms with Crippen LogP contribution in [0.2, 0.25) is 0 Å². The molecule has 9 heteroatoms. The number of hydrogen-bond donors (Lipinski definition) is 2. The Kier molecular flexibility index (Phi) is 5.73. The van der Waals surface area contributed by atoms with Gasteiger partial charge in [0.2, 0.25) is 5.95 Å². The normalized spacial score (nSPS) is 10.4. The van der Waals surface area contributed by atoms with Crippen LogP contribution in [-0.4, -0.2) is 22.5 Å². The molecule has 0 saturated carbocycles. The van der Waals surface area contributed by atoms with Crippen molar-refractivity contribution in [2.75, 3.05) is 17.2 Å². The van der Waals surface area contributed by atoms with Gasteiger partial charge in [0.1, 0.15) is 5.82 Å². The highest BCUT2D eigenvalue weighted by Gasteiger charge is 2.15. The summed E-state index contributed by atoms with van der Waals surface area (Å²) in [5.41, 5.74) is 0.441. The van der Waals surface area contributed by atoms with E-state index in [1.165, 1.54) is 12.3 Å². The zero-order valence-electron chi connectivity index (χ0n) is 14.7. The molecule has 0 radical (unpaired) electrons. The van der Waals surface area contributed by atoms with Crippen molar-refractivity contribution in [2.45, 2.75) is 6.92 Å². The molecular weight excluding hydrogens is 373 g/mol. The monoisotopic (exact) mass is 388 g/mol. The Morgan fingerprint density at radius 3 is 2.57 bits per heavy atom. The molecular formula is C19H15F3N4O2. The molecule has 2 N–H and O–H groups in total. The molecule has 0 amide bonds. The molecule has 6 nitrogen and oxygen atoms in total. The van der Waals surface area contributed by atoms with E-state index >= 15 is 0 Å². The molecule has 0 bridgehead atoms. The number of rotatable bonds is 6. The highest BCUT2D eigenvalue weighted by Crippen LogP contribution is 2.24. The summed E-state index contributed by atoms with van der Waals surface area (Å²) in [6, 6.07) is 10.0. The minimum absolute atomic E-state index is 0.0523. The summed E-state index contributed by atoms with van der Waals surface area (Å²) in [5.74, 6) is -4.53. The molecule has 0 fully saturated rings. The van der Waals surface area contributed by atoms with Crippen LogP contribution < -0.4 is 10.6 Å². The molecule has 0 aliphatic rings. The minimum Gasteiger partial charge on any atom is -0.462 e. The van der Waals surface area contributed by atoms with E-state index in [1.54, 1.807) is 31.2 Å². The number of nitrogens with one attached hydrogen (secondary N) is 2.